The van der Waals surface area contributed by atoms with Crippen LogP contribution in [0.5, 0.6) is 5.88 Å². The molecule has 2 unspecified atom stereocenters. The SMILES string of the molecule is COc1ccc2ncc(F)c(CCN3CC4CCCC4(CN)C3)c2n1. The molecule has 0 aromatic carbocycles. The number of pyridine rings is 2. The first-order valence-electron chi connectivity index (χ1n) is 9.06. The molecule has 134 valence electrons. The van der Waals surface area contributed by atoms with Gasteiger partial charge in [0.05, 0.1) is 24.3 Å². The summed E-state index contributed by atoms with van der Waals surface area (Å²) >= 11 is 0. The molecule has 3 heterocycles. The van der Waals surface area contributed by atoms with Crippen LogP contribution in [0.3, 0.4) is 0 Å². The minimum absolute atomic E-state index is 0.291. The van der Waals surface area contributed by atoms with E-state index in [1.807, 2.05) is 6.07 Å². The molecule has 5 nitrogen and oxygen atoms in total. The number of rotatable bonds is 5. The molecule has 4 rings (SSSR count). The van der Waals surface area contributed by atoms with Gasteiger partial charge in [0.15, 0.2) is 0 Å². The van der Waals surface area contributed by atoms with Gasteiger partial charge in [0.25, 0.3) is 0 Å². The van der Waals surface area contributed by atoms with E-state index in [4.69, 9.17) is 10.5 Å². The van der Waals surface area contributed by atoms with Crippen molar-refractivity contribution in [2.75, 3.05) is 33.3 Å². The molecule has 0 radical (unpaired) electrons. The number of hydrogen-bond donors (Lipinski definition) is 1. The Balaban J connectivity index is 1.54. The zero-order valence-corrected chi connectivity index (χ0v) is 14.7. The molecule has 0 bridgehead atoms. The van der Waals surface area contributed by atoms with Gasteiger partial charge >= 0.3 is 0 Å². The van der Waals surface area contributed by atoms with Gasteiger partial charge in [-0.25, -0.2) is 9.37 Å². The summed E-state index contributed by atoms with van der Waals surface area (Å²) in [5, 5.41) is 0. The number of halogens is 1. The summed E-state index contributed by atoms with van der Waals surface area (Å²) in [6, 6.07) is 3.58. The van der Waals surface area contributed by atoms with Gasteiger partial charge in [0, 0.05) is 31.3 Å². The Morgan fingerprint density at radius 1 is 1.44 bits per heavy atom. The lowest BCUT2D eigenvalue weighted by Crippen LogP contribution is -2.35. The largest absolute Gasteiger partial charge is 0.481 e. The molecule has 2 aromatic rings. The molecule has 2 atom stereocenters. The number of ether oxygens (including phenoxy) is 1. The summed E-state index contributed by atoms with van der Waals surface area (Å²) in [6.45, 7) is 3.71. The Bertz CT molecular complexity index is 783. The number of aromatic nitrogens is 2. The van der Waals surface area contributed by atoms with Crippen LogP contribution in [0.15, 0.2) is 18.3 Å². The normalized spacial score (nSPS) is 26.3. The van der Waals surface area contributed by atoms with Gasteiger partial charge in [-0.05, 0) is 43.2 Å². The van der Waals surface area contributed by atoms with Crippen LogP contribution in [-0.2, 0) is 6.42 Å². The van der Waals surface area contributed by atoms with Crippen molar-refractivity contribution in [2.45, 2.75) is 25.7 Å². The van der Waals surface area contributed by atoms with Gasteiger partial charge in [-0.15, -0.1) is 0 Å². The average Bonchev–Trinajstić information content (AvgIpc) is 3.17. The fourth-order valence-corrected chi connectivity index (χ4v) is 4.73. The van der Waals surface area contributed by atoms with Gasteiger partial charge in [-0.2, -0.15) is 0 Å². The highest BCUT2D eigenvalue weighted by molar-refractivity contribution is 5.78. The molecular formula is C19H25FN4O. The third kappa shape index (κ3) is 2.87. The van der Waals surface area contributed by atoms with Crippen molar-refractivity contribution < 1.29 is 9.13 Å². The van der Waals surface area contributed by atoms with E-state index in [0.717, 1.165) is 26.2 Å². The molecule has 2 aliphatic rings. The third-order valence-electron chi connectivity index (χ3n) is 6.14. The van der Waals surface area contributed by atoms with Crippen LogP contribution >= 0.6 is 0 Å². The monoisotopic (exact) mass is 344 g/mol. The van der Waals surface area contributed by atoms with E-state index in [0.29, 0.717) is 40.2 Å². The van der Waals surface area contributed by atoms with Gasteiger partial charge in [-0.3, -0.25) is 4.98 Å². The number of methoxy groups -OCH3 is 1. The molecular weight excluding hydrogens is 319 g/mol. The number of nitrogens with two attached hydrogens (primary N) is 1. The van der Waals surface area contributed by atoms with Crippen LogP contribution in [-0.4, -0.2) is 48.2 Å². The maximum absolute atomic E-state index is 14.4. The predicted octanol–water partition coefficient (Wildman–Crippen LogP) is 2.38. The van der Waals surface area contributed by atoms with E-state index in [-0.39, 0.29) is 5.82 Å². The lowest BCUT2D eigenvalue weighted by atomic mass is 9.81. The molecule has 25 heavy (non-hydrogen) atoms. The van der Waals surface area contributed by atoms with Gasteiger partial charge in [-0.1, -0.05) is 6.42 Å². The van der Waals surface area contributed by atoms with Gasteiger partial charge in [0.2, 0.25) is 5.88 Å². The first kappa shape index (κ1) is 16.7. The molecule has 1 saturated carbocycles. The molecule has 1 aliphatic heterocycles. The van der Waals surface area contributed by atoms with Crippen LogP contribution in [0.25, 0.3) is 11.0 Å². The molecule has 2 fully saturated rings. The third-order valence-corrected chi connectivity index (χ3v) is 6.14. The quantitative estimate of drug-likeness (QED) is 0.902. The minimum atomic E-state index is -0.291. The van der Waals surface area contributed by atoms with Crippen LogP contribution in [0, 0.1) is 17.2 Å². The second kappa shape index (κ2) is 6.50. The Morgan fingerprint density at radius 3 is 3.08 bits per heavy atom. The average molecular weight is 344 g/mol. The molecule has 2 aromatic heterocycles. The second-order valence-corrected chi connectivity index (χ2v) is 7.45. The molecule has 0 spiro atoms. The minimum Gasteiger partial charge on any atom is -0.481 e. The Morgan fingerprint density at radius 2 is 2.32 bits per heavy atom. The first-order chi connectivity index (χ1) is 12.1. The van der Waals surface area contributed by atoms with Crippen molar-refractivity contribution in [3.8, 4) is 5.88 Å². The maximum atomic E-state index is 14.4. The predicted molar refractivity (Wildman–Crippen MR) is 95.0 cm³/mol. The molecule has 1 aliphatic carbocycles. The van der Waals surface area contributed by atoms with Crippen molar-refractivity contribution in [2.24, 2.45) is 17.1 Å². The lowest BCUT2D eigenvalue weighted by molar-refractivity contribution is 0.250. The number of nitrogens with zero attached hydrogens (tertiary/aromatic N) is 3. The Labute approximate surface area is 147 Å². The highest BCUT2D eigenvalue weighted by atomic mass is 19.1. The van der Waals surface area contributed by atoms with Gasteiger partial charge in [0.1, 0.15) is 5.82 Å². The number of hydrogen-bond acceptors (Lipinski definition) is 5. The fraction of sp³-hybridized carbons (Fsp3) is 0.579. The zero-order chi connectivity index (χ0) is 17.4. The summed E-state index contributed by atoms with van der Waals surface area (Å²) in [4.78, 5) is 11.0. The van der Waals surface area contributed by atoms with Crippen LogP contribution < -0.4 is 10.5 Å². The maximum Gasteiger partial charge on any atom is 0.213 e. The van der Waals surface area contributed by atoms with E-state index in [2.05, 4.69) is 14.9 Å². The van der Waals surface area contributed by atoms with Crippen molar-refractivity contribution in [3.63, 3.8) is 0 Å². The van der Waals surface area contributed by atoms with E-state index >= 15 is 0 Å². The van der Waals surface area contributed by atoms with E-state index in [1.165, 1.54) is 25.5 Å². The van der Waals surface area contributed by atoms with Crippen LogP contribution in [0.4, 0.5) is 4.39 Å². The molecule has 0 amide bonds. The summed E-state index contributed by atoms with van der Waals surface area (Å²) in [5.41, 5.74) is 8.32. The second-order valence-electron chi connectivity index (χ2n) is 7.45. The summed E-state index contributed by atoms with van der Waals surface area (Å²) in [5.74, 6) is 0.898. The van der Waals surface area contributed by atoms with Crippen molar-refractivity contribution >= 4 is 11.0 Å². The number of likely N-dealkylation sites (tertiary alicyclic amines) is 1. The summed E-state index contributed by atoms with van der Waals surface area (Å²) < 4.78 is 19.6. The summed E-state index contributed by atoms with van der Waals surface area (Å²) in [6.07, 6.45) is 5.72. The standard InChI is InChI=1S/C19H25FN4O/c1-25-17-5-4-16-18(23-17)14(15(20)9-22-16)6-8-24-10-13-3-2-7-19(13,11-21)12-24/h4-5,9,13H,2-3,6-8,10-12,21H2,1H3. The van der Waals surface area contributed by atoms with E-state index < -0.39 is 0 Å². The molecule has 1 saturated heterocycles. The zero-order valence-electron chi connectivity index (χ0n) is 14.7. The Kier molecular flexibility index (Phi) is 4.33. The topological polar surface area (TPSA) is 64.3 Å². The molecule has 2 N–H and O–H groups in total. The smallest absolute Gasteiger partial charge is 0.213 e. The van der Waals surface area contributed by atoms with Crippen LogP contribution in [0.2, 0.25) is 0 Å². The van der Waals surface area contributed by atoms with Crippen molar-refractivity contribution in [1.82, 2.24) is 14.9 Å². The highest BCUT2D eigenvalue weighted by Gasteiger charge is 2.48. The molecule has 6 heteroatoms. The van der Waals surface area contributed by atoms with E-state index in [1.54, 1.807) is 13.2 Å². The summed E-state index contributed by atoms with van der Waals surface area (Å²) in [7, 11) is 1.57. The van der Waals surface area contributed by atoms with Crippen molar-refractivity contribution in [3.05, 3.63) is 29.7 Å². The fourth-order valence-electron chi connectivity index (χ4n) is 4.73. The van der Waals surface area contributed by atoms with Crippen LogP contribution in [0.1, 0.15) is 24.8 Å². The van der Waals surface area contributed by atoms with Crippen molar-refractivity contribution in [1.29, 1.82) is 0 Å². The first-order valence-corrected chi connectivity index (χ1v) is 9.06. The highest BCUT2D eigenvalue weighted by Crippen LogP contribution is 2.47. The van der Waals surface area contributed by atoms with Gasteiger partial charge < -0.3 is 15.4 Å². The number of fused-ring (bicyclic) bond motifs is 2. The lowest BCUT2D eigenvalue weighted by Gasteiger charge is -2.27. The van der Waals surface area contributed by atoms with E-state index in [9.17, 15) is 4.39 Å². The Hall–Kier alpha value is -1.79.